The molecule has 2 rings (SSSR count). The highest BCUT2D eigenvalue weighted by Crippen LogP contribution is 2.43. The lowest BCUT2D eigenvalue weighted by Crippen LogP contribution is -2.39. The second-order valence-corrected chi connectivity index (χ2v) is 5.70. The third-order valence-corrected chi connectivity index (χ3v) is 4.37. The lowest BCUT2D eigenvalue weighted by atomic mass is 9.83. The van der Waals surface area contributed by atoms with Crippen LogP contribution in [-0.2, 0) is 4.74 Å². The van der Waals surface area contributed by atoms with Crippen LogP contribution in [-0.4, -0.2) is 24.4 Å². The lowest BCUT2D eigenvalue weighted by molar-refractivity contribution is -0.132. The molecule has 1 fully saturated rings. The van der Waals surface area contributed by atoms with Gasteiger partial charge in [-0.15, -0.1) is 0 Å². The van der Waals surface area contributed by atoms with E-state index in [2.05, 4.69) is 0 Å². The zero-order valence-electron chi connectivity index (χ0n) is 12.9. The first-order valence-corrected chi connectivity index (χ1v) is 7.78. The Hall–Kier alpha value is -1.13. The van der Waals surface area contributed by atoms with Gasteiger partial charge in [0.1, 0.15) is 17.7 Å². The quantitative estimate of drug-likeness (QED) is 0.835. The Kier molecular flexibility index (Phi) is 5.59. The highest BCUT2D eigenvalue weighted by atomic mass is 19.1. The summed E-state index contributed by atoms with van der Waals surface area (Å²) >= 11 is 0. The Balaban J connectivity index is 2.37. The number of methoxy groups -OCH3 is 1. The zero-order valence-corrected chi connectivity index (χ0v) is 12.9. The van der Waals surface area contributed by atoms with Gasteiger partial charge in [0.25, 0.3) is 0 Å². The molecule has 1 aromatic carbocycles. The van der Waals surface area contributed by atoms with Crippen LogP contribution in [0, 0.1) is 5.82 Å². The first-order valence-electron chi connectivity index (χ1n) is 7.78. The monoisotopic (exact) mass is 296 g/mol. The molecule has 0 amide bonds. The zero-order chi connectivity index (χ0) is 15.3. The van der Waals surface area contributed by atoms with Crippen LogP contribution in [0.1, 0.15) is 57.1 Å². The average Bonchev–Trinajstić information content (AvgIpc) is 2.73. The van der Waals surface area contributed by atoms with E-state index in [1.54, 1.807) is 6.07 Å². The summed E-state index contributed by atoms with van der Waals surface area (Å²) in [4.78, 5) is 0. The number of hydrogen-bond acceptors (Lipinski definition) is 3. The summed E-state index contributed by atoms with van der Waals surface area (Å²) in [6.07, 6.45) is 5.07. The maximum absolute atomic E-state index is 13.6. The minimum absolute atomic E-state index is 0.370. The van der Waals surface area contributed by atoms with Crippen LogP contribution in [0.15, 0.2) is 18.2 Å². The molecule has 0 heterocycles. The Bertz CT molecular complexity index is 453. The van der Waals surface area contributed by atoms with E-state index in [-0.39, 0.29) is 5.82 Å². The third-order valence-electron chi connectivity index (χ3n) is 4.37. The molecular formula is C17H25FO3. The molecule has 1 aliphatic carbocycles. The van der Waals surface area contributed by atoms with Crippen molar-refractivity contribution in [3.8, 4) is 5.75 Å². The summed E-state index contributed by atoms with van der Waals surface area (Å²) in [5.74, 6) is 0.136. The van der Waals surface area contributed by atoms with Gasteiger partial charge < -0.3 is 14.6 Å². The summed E-state index contributed by atoms with van der Waals surface area (Å²) < 4.78 is 24.9. The van der Waals surface area contributed by atoms with Crippen molar-refractivity contribution in [2.45, 2.75) is 57.2 Å². The Labute approximate surface area is 126 Å². The van der Waals surface area contributed by atoms with Gasteiger partial charge in [-0.2, -0.15) is 0 Å². The highest BCUT2D eigenvalue weighted by molar-refractivity contribution is 5.37. The van der Waals surface area contributed by atoms with Crippen LogP contribution in [0.4, 0.5) is 4.39 Å². The van der Waals surface area contributed by atoms with Crippen LogP contribution >= 0.6 is 0 Å². The van der Waals surface area contributed by atoms with Crippen LogP contribution in [0.3, 0.4) is 0 Å². The number of rotatable bonds is 5. The predicted molar refractivity (Wildman–Crippen MR) is 80.0 cm³/mol. The SMILES string of the molecule is CCOC1(C(O)c2cc(F)ccc2OC)CCCCCC1. The molecule has 1 aromatic rings. The van der Waals surface area contributed by atoms with E-state index in [0.717, 1.165) is 38.5 Å². The molecule has 0 radical (unpaired) electrons. The fraction of sp³-hybridized carbons (Fsp3) is 0.647. The van der Waals surface area contributed by atoms with Gasteiger partial charge in [-0.05, 0) is 38.0 Å². The van der Waals surface area contributed by atoms with Crippen molar-refractivity contribution in [3.05, 3.63) is 29.6 Å². The highest BCUT2D eigenvalue weighted by Gasteiger charge is 2.41. The summed E-state index contributed by atoms with van der Waals surface area (Å²) in [6, 6.07) is 4.26. The minimum atomic E-state index is -0.874. The molecule has 1 unspecified atom stereocenters. The van der Waals surface area contributed by atoms with Crippen molar-refractivity contribution in [2.24, 2.45) is 0 Å². The molecule has 0 aliphatic heterocycles. The van der Waals surface area contributed by atoms with Crippen molar-refractivity contribution < 1.29 is 19.0 Å². The summed E-state index contributed by atoms with van der Waals surface area (Å²) in [6.45, 7) is 2.47. The van der Waals surface area contributed by atoms with Crippen LogP contribution in [0.2, 0.25) is 0 Å². The van der Waals surface area contributed by atoms with E-state index in [1.807, 2.05) is 6.92 Å². The van der Waals surface area contributed by atoms with E-state index in [1.165, 1.54) is 19.2 Å². The number of halogens is 1. The molecular weight excluding hydrogens is 271 g/mol. The molecule has 4 heteroatoms. The molecule has 1 aliphatic rings. The van der Waals surface area contributed by atoms with Crippen molar-refractivity contribution >= 4 is 0 Å². The summed E-state index contributed by atoms with van der Waals surface area (Å²) in [7, 11) is 1.53. The van der Waals surface area contributed by atoms with Gasteiger partial charge in [-0.3, -0.25) is 0 Å². The minimum Gasteiger partial charge on any atom is -0.496 e. The predicted octanol–water partition coefficient (Wildman–Crippen LogP) is 4.00. The third kappa shape index (κ3) is 3.55. The largest absolute Gasteiger partial charge is 0.496 e. The summed E-state index contributed by atoms with van der Waals surface area (Å²) in [5, 5.41) is 10.9. The second kappa shape index (κ2) is 7.23. The van der Waals surface area contributed by atoms with Gasteiger partial charge in [0.05, 0.1) is 12.7 Å². The number of aliphatic hydroxyl groups is 1. The fourth-order valence-corrected chi connectivity index (χ4v) is 3.31. The molecule has 0 spiro atoms. The molecule has 1 N–H and O–H groups in total. The van der Waals surface area contributed by atoms with Gasteiger partial charge in [0, 0.05) is 12.2 Å². The fourth-order valence-electron chi connectivity index (χ4n) is 3.31. The van der Waals surface area contributed by atoms with Crippen molar-refractivity contribution in [3.63, 3.8) is 0 Å². The van der Waals surface area contributed by atoms with E-state index >= 15 is 0 Å². The molecule has 3 nitrogen and oxygen atoms in total. The number of hydrogen-bond donors (Lipinski definition) is 1. The Morgan fingerprint density at radius 1 is 1.24 bits per heavy atom. The number of benzene rings is 1. The van der Waals surface area contributed by atoms with Gasteiger partial charge in [0.15, 0.2) is 0 Å². The lowest BCUT2D eigenvalue weighted by Gasteiger charge is -2.38. The van der Waals surface area contributed by atoms with Gasteiger partial charge in [0.2, 0.25) is 0 Å². The van der Waals surface area contributed by atoms with Gasteiger partial charge >= 0.3 is 0 Å². The standard InChI is InChI=1S/C17H25FO3/c1-3-21-17(10-6-4-5-7-11-17)16(19)14-12-13(18)8-9-15(14)20-2/h8-9,12,16,19H,3-7,10-11H2,1-2H3. The molecule has 0 aromatic heterocycles. The maximum atomic E-state index is 13.6. The topological polar surface area (TPSA) is 38.7 Å². The van der Waals surface area contributed by atoms with Gasteiger partial charge in [-0.25, -0.2) is 4.39 Å². The van der Waals surface area contributed by atoms with Crippen molar-refractivity contribution in [1.82, 2.24) is 0 Å². The van der Waals surface area contributed by atoms with Crippen LogP contribution in [0.5, 0.6) is 5.75 Å². The first kappa shape index (κ1) is 16.2. The molecule has 21 heavy (non-hydrogen) atoms. The van der Waals surface area contributed by atoms with Crippen molar-refractivity contribution in [2.75, 3.05) is 13.7 Å². The van der Waals surface area contributed by atoms with E-state index < -0.39 is 11.7 Å². The molecule has 0 bridgehead atoms. The molecule has 0 saturated heterocycles. The normalized spacial score (nSPS) is 19.8. The smallest absolute Gasteiger partial charge is 0.124 e. The number of aliphatic hydroxyl groups excluding tert-OH is 1. The molecule has 1 atom stereocenters. The van der Waals surface area contributed by atoms with E-state index in [4.69, 9.17) is 9.47 Å². The second-order valence-electron chi connectivity index (χ2n) is 5.70. The van der Waals surface area contributed by atoms with E-state index in [0.29, 0.717) is 17.9 Å². The molecule has 118 valence electrons. The summed E-state index contributed by atoms with van der Waals surface area (Å²) in [5.41, 5.74) is -0.153. The maximum Gasteiger partial charge on any atom is 0.124 e. The van der Waals surface area contributed by atoms with Gasteiger partial charge in [-0.1, -0.05) is 25.7 Å². The van der Waals surface area contributed by atoms with Crippen LogP contribution < -0.4 is 4.74 Å². The molecule has 1 saturated carbocycles. The Morgan fingerprint density at radius 2 is 1.90 bits per heavy atom. The van der Waals surface area contributed by atoms with E-state index in [9.17, 15) is 9.50 Å². The Morgan fingerprint density at radius 3 is 2.48 bits per heavy atom. The first-order chi connectivity index (χ1) is 10.1. The number of ether oxygens (including phenoxy) is 2. The van der Waals surface area contributed by atoms with Crippen LogP contribution in [0.25, 0.3) is 0 Å². The average molecular weight is 296 g/mol. The van der Waals surface area contributed by atoms with Crippen molar-refractivity contribution in [1.29, 1.82) is 0 Å².